The number of carbonyl (C=O) groups is 1. The third-order valence-corrected chi connectivity index (χ3v) is 2.93. The maximum atomic E-state index is 11.1. The molecular weight excluding hydrogens is 222 g/mol. The fourth-order valence-corrected chi connectivity index (χ4v) is 1.87. The van der Waals surface area contributed by atoms with E-state index >= 15 is 0 Å². The van der Waals surface area contributed by atoms with Gasteiger partial charge in [0.1, 0.15) is 0 Å². The van der Waals surface area contributed by atoms with Crippen molar-refractivity contribution in [2.45, 2.75) is 20.8 Å². The summed E-state index contributed by atoms with van der Waals surface area (Å²) in [7, 11) is 0. The van der Waals surface area contributed by atoms with E-state index in [4.69, 9.17) is 0 Å². The maximum absolute atomic E-state index is 11.1. The van der Waals surface area contributed by atoms with Crippen LogP contribution in [0.25, 0.3) is 11.1 Å². The summed E-state index contributed by atoms with van der Waals surface area (Å²) in [4.78, 5) is 11.1. The molecule has 0 saturated carbocycles. The van der Waals surface area contributed by atoms with Gasteiger partial charge in [-0.3, -0.25) is 4.79 Å². The number of hydrogen-bond acceptors (Lipinski definition) is 1. The molecule has 0 aliphatic heterocycles. The number of nitrogens with one attached hydrogen (secondary N) is 1. The zero-order valence-electron chi connectivity index (χ0n) is 10.9. The highest BCUT2D eigenvalue weighted by molar-refractivity contribution is 5.90. The average molecular weight is 239 g/mol. The first kappa shape index (κ1) is 12.4. The van der Waals surface area contributed by atoms with Gasteiger partial charge in [0.05, 0.1) is 0 Å². The minimum absolute atomic E-state index is 0.0424. The highest BCUT2D eigenvalue weighted by Gasteiger charge is 2.03. The van der Waals surface area contributed by atoms with E-state index in [1.54, 1.807) is 0 Å². The van der Waals surface area contributed by atoms with Crippen LogP contribution in [0.1, 0.15) is 18.1 Å². The molecule has 2 rings (SSSR count). The number of carbonyl (C=O) groups excluding carboxylic acids is 1. The minimum Gasteiger partial charge on any atom is -0.326 e. The predicted molar refractivity (Wildman–Crippen MR) is 75.7 cm³/mol. The Balaban J connectivity index is 2.40. The largest absolute Gasteiger partial charge is 0.326 e. The number of rotatable bonds is 2. The SMILES string of the molecule is CC(=O)Nc1cc(-c2ccc(C)cc2)ccc1C. The Kier molecular flexibility index (Phi) is 3.47. The number of hydrogen-bond donors (Lipinski definition) is 1. The molecule has 0 aromatic heterocycles. The Morgan fingerprint density at radius 3 is 2.17 bits per heavy atom. The second-order valence-electron chi connectivity index (χ2n) is 4.58. The number of aryl methyl sites for hydroxylation is 2. The fourth-order valence-electron chi connectivity index (χ4n) is 1.87. The van der Waals surface area contributed by atoms with Gasteiger partial charge < -0.3 is 5.32 Å². The molecule has 0 atom stereocenters. The van der Waals surface area contributed by atoms with E-state index in [2.05, 4.69) is 42.6 Å². The van der Waals surface area contributed by atoms with Crippen molar-refractivity contribution in [1.29, 1.82) is 0 Å². The van der Waals surface area contributed by atoms with Crippen molar-refractivity contribution in [2.75, 3.05) is 5.32 Å². The smallest absolute Gasteiger partial charge is 0.221 e. The van der Waals surface area contributed by atoms with Gasteiger partial charge in [-0.15, -0.1) is 0 Å². The van der Waals surface area contributed by atoms with Crippen LogP contribution < -0.4 is 5.32 Å². The second kappa shape index (κ2) is 5.05. The lowest BCUT2D eigenvalue weighted by Crippen LogP contribution is -2.07. The summed E-state index contributed by atoms with van der Waals surface area (Å²) in [6, 6.07) is 14.5. The molecule has 0 unspecified atom stereocenters. The van der Waals surface area contributed by atoms with Crippen LogP contribution in [-0.2, 0) is 4.79 Å². The monoisotopic (exact) mass is 239 g/mol. The van der Waals surface area contributed by atoms with Gasteiger partial charge in [-0.05, 0) is 36.6 Å². The van der Waals surface area contributed by atoms with Crippen molar-refractivity contribution in [2.24, 2.45) is 0 Å². The molecule has 2 nitrogen and oxygen atoms in total. The van der Waals surface area contributed by atoms with Gasteiger partial charge in [0.15, 0.2) is 0 Å². The van der Waals surface area contributed by atoms with Crippen molar-refractivity contribution < 1.29 is 4.79 Å². The lowest BCUT2D eigenvalue weighted by Gasteiger charge is -2.09. The standard InChI is InChI=1S/C16H17NO/c1-11-4-7-14(8-5-11)15-9-6-12(2)16(10-15)17-13(3)18/h4-10H,1-3H3,(H,17,18). The van der Waals surface area contributed by atoms with Crippen molar-refractivity contribution in [3.05, 3.63) is 53.6 Å². The topological polar surface area (TPSA) is 29.1 Å². The molecule has 2 heteroatoms. The first-order chi connectivity index (χ1) is 8.56. The quantitative estimate of drug-likeness (QED) is 0.845. The maximum Gasteiger partial charge on any atom is 0.221 e. The Morgan fingerprint density at radius 1 is 0.944 bits per heavy atom. The van der Waals surface area contributed by atoms with Crippen LogP contribution in [0.15, 0.2) is 42.5 Å². The van der Waals surface area contributed by atoms with Crippen LogP contribution in [-0.4, -0.2) is 5.91 Å². The van der Waals surface area contributed by atoms with Gasteiger partial charge in [0, 0.05) is 12.6 Å². The second-order valence-corrected chi connectivity index (χ2v) is 4.58. The molecular formula is C16H17NO. The zero-order valence-corrected chi connectivity index (χ0v) is 10.9. The molecule has 1 amide bonds. The van der Waals surface area contributed by atoms with Gasteiger partial charge in [0.2, 0.25) is 5.91 Å². The summed E-state index contributed by atoms with van der Waals surface area (Å²) in [5.74, 6) is -0.0424. The van der Waals surface area contributed by atoms with Crippen LogP contribution in [0.4, 0.5) is 5.69 Å². The third-order valence-electron chi connectivity index (χ3n) is 2.93. The molecule has 18 heavy (non-hydrogen) atoms. The van der Waals surface area contributed by atoms with Crippen molar-refractivity contribution >= 4 is 11.6 Å². The fraction of sp³-hybridized carbons (Fsp3) is 0.188. The van der Waals surface area contributed by atoms with Crippen LogP contribution in [0.3, 0.4) is 0 Å². The molecule has 0 saturated heterocycles. The summed E-state index contributed by atoms with van der Waals surface area (Å²) in [5.41, 5.74) is 5.46. The molecule has 0 radical (unpaired) electrons. The molecule has 0 bridgehead atoms. The first-order valence-electron chi connectivity index (χ1n) is 6.01. The highest BCUT2D eigenvalue weighted by atomic mass is 16.1. The Bertz CT molecular complexity index is 570. The number of anilines is 1. The van der Waals surface area contributed by atoms with E-state index < -0.39 is 0 Å². The van der Waals surface area contributed by atoms with Gasteiger partial charge >= 0.3 is 0 Å². The Labute approximate surface area is 108 Å². The number of amides is 1. The van der Waals surface area contributed by atoms with E-state index in [-0.39, 0.29) is 5.91 Å². The van der Waals surface area contributed by atoms with E-state index in [1.165, 1.54) is 12.5 Å². The molecule has 0 spiro atoms. The van der Waals surface area contributed by atoms with Crippen LogP contribution in [0, 0.1) is 13.8 Å². The molecule has 92 valence electrons. The predicted octanol–water partition coefficient (Wildman–Crippen LogP) is 3.93. The molecule has 2 aromatic rings. The minimum atomic E-state index is -0.0424. The lowest BCUT2D eigenvalue weighted by atomic mass is 10.0. The van der Waals surface area contributed by atoms with Gasteiger partial charge in [-0.25, -0.2) is 0 Å². The molecule has 0 fully saturated rings. The number of benzene rings is 2. The Morgan fingerprint density at radius 2 is 1.56 bits per heavy atom. The summed E-state index contributed by atoms with van der Waals surface area (Å²) < 4.78 is 0. The van der Waals surface area contributed by atoms with Gasteiger partial charge in [0.25, 0.3) is 0 Å². The van der Waals surface area contributed by atoms with E-state index in [1.807, 2.05) is 19.1 Å². The van der Waals surface area contributed by atoms with E-state index in [0.29, 0.717) is 0 Å². The molecule has 2 aromatic carbocycles. The van der Waals surface area contributed by atoms with Crippen LogP contribution >= 0.6 is 0 Å². The van der Waals surface area contributed by atoms with Gasteiger partial charge in [-0.2, -0.15) is 0 Å². The van der Waals surface area contributed by atoms with E-state index in [0.717, 1.165) is 22.4 Å². The van der Waals surface area contributed by atoms with Crippen LogP contribution in [0.2, 0.25) is 0 Å². The summed E-state index contributed by atoms with van der Waals surface area (Å²) in [5, 5.41) is 2.86. The Hall–Kier alpha value is -2.09. The zero-order chi connectivity index (χ0) is 13.1. The summed E-state index contributed by atoms with van der Waals surface area (Å²) in [6.45, 7) is 5.59. The molecule has 0 aliphatic carbocycles. The van der Waals surface area contributed by atoms with Crippen LogP contribution in [0.5, 0.6) is 0 Å². The first-order valence-corrected chi connectivity index (χ1v) is 6.01. The summed E-state index contributed by atoms with van der Waals surface area (Å²) in [6.07, 6.45) is 0. The third kappa shape index (κ3) is 2.77. The molecule has 1 N–H and O–H groups in total. The normalized spacial score (nSPS) is 10.2. The highest BCUT2D eigenvalue weighted by Crippen LogP contribution is 2.25. The van der Waals surface area contributed by atoms with Crippen molar-refractivity contribution in [1.82, 2.24) is 0 Å². The molecule has 0 aliphatic rings. The average Bonchev–Trinajstić information content (AvgIpc) is 2.32. The summed E-state index contributed by atoms with van der Waals surface area (Å²) >= 11 is 0. The molecule has 0 heterocycles. The lowest BCUT2D eigenvalue weighted by molar-refractivity contribution is -0.114. The van der Waals surface area contributed by atoms with Crippen molar-refractivity contribution in [3.63, 3.8) is 0 Å². The van der Waals surface area contributed by atoms with E-state index in [9.17, 15) is 4.79 Å². The van der Waals surface area contributed by atoms with Gasteiger partial charge in [-0.1, -0.05) is 42.0 Å². The van der Waals surface area contributed by atoms with Crippen molar-refractivity contribution in [3.8, 4) is 11.1 Å².